The summed E-state index contributed by atoms with van der Waals surface area (Å²) in [6, 6.07) is -0.709. The van der Waals surface area contributed by atoms with Crippen LogP contribution in [0.25, 0.3) is 0 Å². The number of hydrogen-bond acceptors (Lipinski definition) is 5. The van der Waals surface area contributed by atoms with Crippen LogP contribution < -0.4 is 5.73 Å². The minimum Gasteiger partial charge on any atom is -0.468 e. The summed E-state index contributed by atoms with van der Waals surface area (Å²) >= 11 is 0. The van der Waals surface area contributed by atoms with Gasteiger partial charge in [0.15, 0.2) is 5.82 Å². The van der Waals surface area contributed by atoms with Gasteiger partial charge in [-0.1, -0.05) is 20.8 Å². The summed E-state index contributed by atoms with van der Waals surface area (Å²) in [7, 11) is 1.31. The van der Waals surface area contributed by atoms with Crippen LogP contribution in [0.4, 0.5) is 0 Å². The lowest BCUT2D eigenvalue weighted by Crippen LogP contribution is -2.36. The number of rotatable bonds is 3. The van der Waals surface area contributed by atoms with Gasteiger partial charge in [-0.3, -0.25) is 9.48 Å². The number of carbonyl (C=O) groups excluding carboxylic acids is 1. The van der Waals surface area contributed by atoms with Crippen LogP contribution in [0.15, 0.2) is 6.33 Å². The van der Waals surface area contributed by atoms with Crippen molar-refractivity contribution in [3.8, 4) is 0 Å². The van der Waals surface area contributed by atoms with Crippen LogP contribution >= 0.6 is 0 Å². The maximum Gasteiger partial charge on any atom is 0.324 e. The van der Waals surface area contributed by atoms with Gasteiger partial charge in [0.05, 0.1) is 13.7 Å². The fourth-order valence-electron chi connectivity index (χ4n) is 1.15. The zero-order valence-corrected chi connectivity index (χ0v) is 10.1. The van der Waals surface area contributed by atoms with Crippen molar-refractivity contribution < 1.29 is 9.53 Å². The van der Waals surface area contributed by atoms with Gasteiger partial charge in [0.25, 0.3) is 0 Å². The van der Waals surface area contributed by atoms with Gasteiger partial charge in [-0.25, -0.2) is 4.98 Å². The summed E-state index contributed by atoms with van der Waals surface area (Å²) in [5.41, 5.74) is 5.50. The SMILES string of the molecule is COC(=O)C(N)Cn1cnc(C(C)(C)C)n1. The first-order valence-electron chi connectivity index (χ1n) is 5.08. The predicted molar refractivity (Wildman–Crippen MR) is 58.7 cm³/mol. The van der Waals surface area contributed by atoms with Crippen molar-refractivity contribution in [2.75, 3.05) is 7.11 Å². The number of hydrogen-bond donors (Lipinski definition) is 1. The molecule has 0 spiro atoms. The van der Waals surface area contributed by atoms with E-state index in [0.29, 0.717) is 0 Å². The van der Waals surface area contributed by atoms with Crippen LogP contribution in [0.2, 0.25) is 0 Å². The minimum atomic E-state index is -0.709. The van der Waals surface area contributed by atoms with Gasteiger partial charge >= 0.3 is 5.97 Å². The monoisotopic (exact) mass is 226 g/mol. The highest BCUT2D eigenvalue weighted by atomic mass is 16.5. The Kier molecular flexibility index (Phi) is 3.64. The molecule has 0 aliphatic carbocycles. The number of esters is 1. The number of methoxy groups -OCH3 is 1. The molecule has 0 saturated carbocycles. The molecule has 0 aliphatic heterocycles. The van der Waals surface area contributed by atoms with Crippen molar-refractivity contribution in [2.45, 2.75) is 38.8 Å². The zero-order valence-electron chi connectivity index (χ0n) is 10.1. The molecule has 1 aromatic heterocycles. The summed E-state index contributed by atoms with van der Waals surface area (Å²) in [4.78, 5) is 15.3. The molecule has 1 rings (SSSR count). The summed E-state index contributed by atoms with van der Waals surface area (Å²) in [6.45, 7) is 6.34. The van der Waals surface area contributed by atoms with E-state index in [1.54, 1.807) is 11.0 Å². The number of aromatic nitrogens is 3. The number of ether oxygens (including phenoxy) is 1. The average molecular weight is 226 g/mol. The van der Waals surface area contributed by atoms with Crippen molar-refractivity contribution in [3.63, 3.8) is 0 Å². The Hall–Kier alpha value is -1.43. The van der Waals surface area contributed by atoms with E-state index in [2.05, 4.69) is 14.8 Å². The van der Waals surface area contributed by atoms with E-state index in [-0.39, 0.29) is 12.0 Å². The maximum atomic E-state index is 11.1. The fourth-order valence-corrected chi connectivity index (χ4v) is 1.15. The van der Waals surface area contributed by atoms with Crippen molar-refractivity contribution in [3.05, 3.63) is 12.2 Å². The Morgan fingerprint density at radius 1 is 1.62 bits per heavy atom. The van der Waals surface area contributed by atoms with Gasteiger partial charge in [0, 0.05) is 5.41 Å². The van der Waals surface area contributed by atoms with E-state index in [0.717, 1.165) is 5.82 Å². The second-order valence-electron chi connectivity index (χ2n) is 4.67. The van der Waals surface area contributed by atoms with E-state index in [9.17, 15) is 4.79 Å². The topological polar surface area (TPSA) is 83.0 Å². The lowest BCUT2D eigenvalue weighted by molar-refractivity contribution is -0.142. The molecule has 6 heteroatoms. The lowest BCUT2D eigenvalue weighted by atomic mass is 9.96. The quantitative estimate of drug-likeness (QED) is 0.738. The summed E-state index contributed by atoms with van der Waals surface area (Å²) in [5.74, 6) is 0.275. The average Bonchev–Trinajstić information content (AvgIpc) is 2.64. The first-order valence-corrected chi connectivity index (χ1v) is 5.08. The molecule has 6 nitrogen and oxygen atoms in total. The summed E-state index contributed by atoms with van der Waals surface area (Å²) in [5, 5.41) is 4.26. The minimum absolute atomic E-state index is 0.111. The van der Waals surface area contributed by atoms with Crippen LogP contribution in [0.5, 0.6) is 0 Å². The molecule has 2 N–H and O–H groups in total. The van der Waals surface area contributed by atoms with Gasteiger partial charge in [0.1, 0.15) is 12.4 Å². The van der Waals surface area contributed by atoms with Gasteiger partial charge in [0.2, 0.25) is 0 Å². The Labute approximate surface area is 94.8 Å². The largest absolute Gasteiger partial charge is 0.468 e. The summed E-state index contributed by atoms with van der Waals surface area (Å²) in [6.07, 6.45) is 1.57. The van der Waals surface area contributed by atoms with Gasteiger partial charge in [-0.05, 0) is 0 Å². The standard InChI is InChI=1S/C10H18N4O2/c1-10(2,3)9-12-6-14(13-9)5-7(11)8(15)16-4/h6-7H,5,11H2,1-4H3. The molecule has 0 radical (unpaired) electrons. The Morgan fingerprint density at radius 2 is 2.25 bits per heavy atom. The second-order valence-corrected chi connectivity index (χ2v) is 4.67. The third-order valence-electron chi connectivity index (χ3n) is 2.09. The van der Waals surface area contributed by atoms with Crippen molar-refractivity contribution in [1.82, 2.24) is 14.8 Å². The predicted octanol–water partition coefficient (Wildman–Crippen LogP) is 0.0759. The third-order valence-corrected chi connectivity index (χ3v) is 2.09. The number of nitrogens with two attached hydrogens (primary N) is 1. The Balaban J connectivity index is 2.69. The van der Waals surface area contributed by atoms with Crippen molar-refractivity contribution in [1.29, 1.82) is 0 Å². The van der Waals surface area contributed by atoms with E-state index in [1.165, 1.54) is 7.11 Å². The lowest BCUT2D eigenvalue weighted by Gasteiger charge is -2.13. The van der Waals surface area contributed by atoms with Gasteiger partial charge in [-0.15, -0.1) is 0 Å². The van der Waals surface area contributed by atoms with Crippen molar-refractivity contribution in [2.24, 2.45) is 5.73 Å². The van der Waals surface area contributed by atoms with Crippen LogP contribution in [-0.2, 0) is 21.5 Å². The number of nitrogens with zero attached hydrogens (tertiary/aromatic N) is 3. The molecule has 0 aromatic carbocycles. The fraction of sp³-hybridized carbons (Fsp3) is 0.700. The number of carbonyl (C=O) groups is 1. The van der Waals surface area contributed by atoms with Crippen LogP contribution in [0.3, 0.4) is 0 Å². The maximum absolute atomic E-state index is 11.1. The molecular formula is C10H18N4O2. The molecule has 1 heterocycles. The third kappa shape index (κ3) is 3.03. The van der Waals surface area contributed by atoms with E-state index in [1.807, 2.05) is 20.8 Å². The molecule has 90 valence electrons. The highest BCUT2D eigenvalue weighted by Gasteiger charge is 2.20. The molecule has 0 saturated heterocycles. The summed E-state index contributed by atoms with van der Waals surface area (Å²) < 4.78 is 6.09. The van der Waals surface area contributed by atoms with Crippen LogP contribution in [-0.4, -0.2) is 33.9 Å². The molecule has 16 heavy (non-hydrogen) atoms. The van der Waals surface area contributed by atoms with E-state index >= 15 is 0 Å². The van der Waals surface area contributed by atoms with E-state index in [4.69, 9.17) is 5.73 Å². The Bertz CT molecular complexity index is 367. The molecule has 1 aromatic rings. The van der Waals surface area contributed by atoms with Crippen molar-refractivity contribution >= 4 is 5.97 Å². The molecule has 1 unspecified atom stereocenters. The molecular weight excluding hydrogens is 208 g/mol. The molecule has 0 fully saturated rings. The Morgan fingerprint density at radius 3 is 2.69 bits per heavy atom. The highest BCUT2D eigenvalue weighted by Crippen LogP contribution is 2.16. The first-order chi connectivity index (χ1) is 7.34. The second kappa shape index (κ2) is 4.61. The molecule has 1 atom stereocenters. The molecule has 0 aliphatic rings. The molecule has 0 amide bonds. The van der Waals surface area contributed by atoms with Crippen LogP contribution in [0, 0.1) is 0 Å². The normalized spacial score (nSPS) is 13.6. The molecule has 0 bridgehead atoms. The van der Waals surface area contributed by atoms with Crippen LogP contribution in [0.1, 0.15) is 26.6 Å². The van der Waals surface area contributed by atoms with Gasteiger partial charge < -0.3 is 10.5 Å². The smallest absolute Gasteiger partial charge is 0.324 e. The highest BCUT2D eigenvalue weighted by molar-refractivity contribution is 5.75. The first kappa shape index (κ1) is 12.6. The zero-order chi connectivity index (χ0) is 12.3. The van der Waals surface area contributed by atoms with Gasteiger partial charge in [-0.2, -0.15) is 5.10 Å². The van der Waals surface area contributed by atoms with E-state index < -0.39 is 12.0 Å².